The lowest BCUT2D eigenvalue weighted by Gasteiger charge is -2.34. The fourth-order valence-corrected chi connectivity index (χ4v) is 1.90. The van der Waals surface area contributed by atoms with Crippen LogP contribution in [0.4, 0.5) is 11.8 Å². The maximum Gasteiger partial charge on any atom is 0.224 e. The number of hydrogen-bond donors (Lipinski definition) is 1. The Labute approximate surface area is 101 Å². The molecule has 1 aromatic heterocycles. The van der Waals surface area contributed by atoms with Crippen LogP contribution in [-0.4, -0.2) is 54.0 Å². The number of aromatic nitrogens is 2. The van der Waals surface area contributed by atoms with Gasteiger partial charge in [0, 0.05) is 46.3 Å². The van der Waals surface area contributed by atoms with Crippen molar-refractivity contribution in [3.8, 4) is 0 Å². The number of carbonyl (C=O) groups excluding carboxylic acids is 1. The Kier molecular flexibility index (Phi) is 3.41. The highest BCUT2D eigenvalue weighted by atomic mass is 16.2. The molecule has 2 rings (SSSR count). The number of hydrogen-bond acceptors (Lipinski definition) is 5. The van der Waals surface area contributed by atoms with Gasteiger partial charge in [0.1, 0.15) is 5.82 Å². The van der Waals surface area contributed by atoms with E-state index in [2.05, 4.69) is 20.2 Å². The predicted molar refractivity (Wildman–Crippen MR) is 66.0 cm³/mol. The summed E-state index contributed by atoms with van der Waals surface area (Å²) in [4.78, 5) is 23.7. The molecule has 1 N–H and O–H groups in total. The monoisotopic (exact) mass is 235 g/mol. The molecule has 1 aliphatic heterocycles. The lowest BCUT2D eigenvalue weighted by atomic mass is 10.3. The van der Waals surface area contributed by atoms with E-state index in [9.17, 15) is 4.79 Å². The standard InChI is InChI=1S/C11H17N5O/c1-9(17)15-5-7-16(8-6-15)10-3-4-13-11(12-2)14-10/h3-4H,5-8H2,1-2H3,(H,12,13,14). The molecule has 1 amide bonds. The van der Waals surface area contributed by atoms with Gasteiger partial charge in [-0.15, -0.1) is 0 Å². The van der Waals surface area contributed by atoms with Gasteiger partial charge in [0.05, 0.1) is 0 Å². The summed E-state index contributed by atoms with van der Waals surface area (Å²) in [6.07, 6.45) is 1.74. The van der Waals surface area contributed by atoms with Gasteiger partial charge in [-0.3, -0.25) is 4.79 Å². The van der Waals surface area contributed by atoms with Gasteiger partial charge in [0.25, 0.3) is 0 Å². The molecule has 0 unspecified atom stereocenters. The molecule has 0 bridgehead atoms. The zero-order valence-corrected chi connectivity index (χ0v) is 10.2. The van der Waals surface area contributed by atoms with Gasteiger partial charge in [0.15, 0.2) is 0 Å². The Morgan fingerprint density at radius 3 is 2.65 bits per heavy atom. The van der Waals surface area contributed by atoms with E-state index in [-0.39, 0.29) is 5.91 Å². The molecule has 0 aromatic carbocycles. The van der Waals surface area contributed by atoms with Crippen molar-refractivity contribution >= 4 is 17.7 Å². The third kappa shape index (κ3) is 2.64. The number of nitrogens with zero attached hydrogens (tertiary/aromatic N) is 4. The Bertz CT molecular complexity index is 401. The van der Waals surface area contributed by atoms with Crippen LogP contribution in [0.3, 0.4) is 0 Å². The highest BCUT2D eigenvalue weighted by Gasteiger charge is 2.19. The van der Waals surface area contributed by atoms with Crippen LogP contribution in [0.5, 0.6) is 0 Å². The molecule has 1 aromatic rings. The summed E-state index contributed by atoms with van der Waals surface area (Å²) in [5.41, 5.74) is 0. The van der Waals surface area contributed by atoms with E-state index in [4.69, 9.17) is 0 Å². The molecule has 6 nitrogen and oxygen atoms in total. The van der Waals surface area contributed by atoms with E-state index in [1.165, 1.54) is 0 Å². The minimum absolute atomic E-state index is 0.142. The van der Waals surface area contributed by atoms with E-state index in [0.717, 1.165) is 32.0 Å². The molecule has 1 fully saturated rings. The van der Waals surface area contributed by atoms with Crippen molar-refractivity contribution in [3.63, 3.8) is 0 Å². The molecule has 1 aliphatic rings. The second-order valence-corrected chi connectivity index (χ2v) is 3.98. The van der Waals surface area contributed by atoms with Crippen LogP contribution in [0.2, 0.25) is 0 Å². The summed E-state index contributed by atoms with van der Waals surface area (Å²) in [6.45, 7) is 4.77. The zero-order valence-electron chi connectivity index (χ0n) is 10.2. The fraction of sp³-hybridized carbons (Fsp3) is 0.545. The van der Waals surface area contributed by atoms with Gasteiger partial charge in [-0.2, -0.15) is 4.98 Å². The third-order valence-electron chi connectivity index (χ3n) is 2.91. The zero-order chi connectivity index (χ0) is 12.3. The summed E-state index contributed by atoms with van der Waals surface area (Å²) in [5.74, 6) is 1.67. The average Bonchev–Trinajstić information content (AvgIpc) is 2.39. The minimum atomic E-state index is 0.142. The second-order valence-electron chi connectivity index (χ2n) is 3.98. The highest BCUT2D eigenvalue weighted by Crippen LogP contribution is 2.14. The number of amides is 1. The fourth-order valence-electron chi connectivity index (χ4n) is 1.90. The number of carbonyl (C=O) groups is 1. The van der Waals surface area contributed by atoms with E-state index in [1.54, 1.807) is 20.2 Å². The summed E-state index contributed by atoms with van der Waals surface area (Å²) in [5, 5.41) is 2.92. The first-order valence-electron chi connectivity index (χ1n) is 5.72. The number of rotatable bonds is 2. The topological polar surface area (TPSA) is 61.4 Å². The van der Waals surface area contributed by atoms with Crippen molar-refractivity contribution < 1.29 is 4.79 Å². The first-order chi connectivity index (χ1) is 8.20. The van der Waals surface area contributed by atoms with Crippen molar-refractivity contribution in [1.29, 1.82) is 0 Å². The average molecular weight is 235 g/mol. The minimum Gasteiger partial charge on any atom is -0.357 e. The van der Waals surface area contributed by atoms with E-state index in [1.807, 2.05) is 11.0 Å². The maximum atomic E-state index is 11.2. The van der Waals surface area contributed by atoms with Gasteiger partial charge in [-0.05, 0) is 6.07 Å². The number of anilines is 2. The lowest BCUT2D eigenvalue weighted by molar-refractivity contribution is -0.129. The Morgan fingerprint density at radius 1 is 1.35 bits per heavy atom. The van der Waals surface area contributed by atoms with E-state index in [0.29, 0.717) is 5.95 Å². The maximum absolute atomic E-state index is 11.2. The number of nitrogens with one attached hydrogen (secondary N) is 1. The quantitative estimate of drug-likeness (QED) is 0.792. The SMILES string of the molecule is CNc1nccc(N2CCN(C(C)=O)CC2)n1. The van der Waals surface area contributed by atoms with Crippen molar-refractivity contribution in [2.75, 3.05) is 43.4 Å². The molecular weight excluding hydrogens is 218 g/mol. The molecule has 0 radical (unpaired) electrons. The predicted octanol–water partition coefficient (Wildman–Crippen LogP) is 0.187. The normalized spacial score (nSPS) is 15.9. The van der Waals surface area contributed by atoms with Crippen LogP contribution in [-0.2, 0) is 4.79 Å². The van der Waals surface area contributed by atoms with E-state index < -0.39 is 0 Å². The summed E-state index contributed by atoms with van der Waals surface area (Å²) >= 11 is 0. The largest absolute Gasteiger partial charge is 0.357 e. The van der Waals surface area contributed by atoms with Crippen molar-refractivity contribution in [2.24, 2.45) is 0 Å². The van der Waals surface area contributed by atoms with Gasteiger partial charge in [-0.1, -0.05) is 0 Å². The van der Waals surface area contributed by atoms with Crippen LogP contribution in [0.15, 0.2) is 12.3 Å². The molecule has 2 heterocycles. The Morgan fingerprint density at radius 2 is 2.06 bits per heavy atom. The first-order valence-corrected chi connectivity index (χ1v) is 5.72. The highest BCUT2D eigenvalue weighted by molar-refractivity contribution is 5.73. The van der Waals surface area contributed by atoms with Crippen LogP contribution in [0.25, 0.3) is 0 Å². The van der Waals surface area contributed by atoms with Gasteiger partial charge in [-0.25, -0.2) is 4.98 Å². The lowest BCUT2D eigenvalue weighted by Crippen LogP contribution is -2.48. The Hall–Kier alpha value is -1.85. The molecule has 17 heavy (non-hydrogen) atoms. The molecule has 0 spiro atoms. The van der Waals surface area contributed by atoms with E-state index >= 15 is 0 Å². The van der Waals surface area contributed by atoms with Crippen LogP contribution in [0, 0.1) is 0 Å². The van der Waals surface area contributed by atoms with Crippen LogP contribution >= 0.6 is 0 Å². The van der Waals surface area contributed by atoms with Gasteiger partial charge < -0.3 is 15.1 Å². The first kappa shape index (κ1) is 11.6. The summed E-state index contributed by atoms with van der Waals surface area (Å²) in [6, 6.07) is 1.89. The molecule has 0 aliphatic carbocycles. The molecule has 0 atom stereocenters. The molecular formula is C11H17N5O. The van der Waals surface area contributed by atoms with Crippen molar-refractivity contribution in [2.45, 2.75) is 6.92 Å². The summed E-state index contributed by atoms with van der Waals surface area (Å²) < 4.78 is 0. The van der Waals surface area contributed by atoms with Crippen molar-refractivity contribution in [1.82, 2.24) is 14.9 Å². The van der Waals surface area contributed by atoms with Gasteiger partial charge >= 0.3 is 0 Å². The second kappa shape index (κ2) is 4.99. The van der Waals surface area contributed by atoms with Crippen molar-refractivity contribution in [3.05, 3.63) is 12.3 Å². The van der Waals surface area contributed by atoms with Crippen LogP contribution < -0.4 is 10.2 Å². The molecule has 0 saturated carbocycles. The summed E-state index contributed by atoms with van der Waals surface area (Å²) in [7, 11) is 1.80. The smallest absolute Gasteiger partial charge is 0.224 e. The molecule has 6 heteroatoms. The third-order valence-corrected chi connectivity index (χ3v) is 2.91. The van der Waals surface area contributed by atoms with Crippen LogP contribution in [0.1, 0.15) is 6.92 Å². The number of piperazine rings is 1. The Balaban J connectivity index is 2.02. The van der Waals surface area contributed by atoms with Gasteiger partial charge in [0.2, 0.25) is 11.9 Å². The molecule has 92 valence electrons. The molecule has 1 saturated heterocycles.